The Labute approximate surface area is 297 Å². The van der Waals surface area contributed by atoms with Crippen molar-refractivity contribution in [1.82, 2.24) is 0 Å². The summed E-state index contributed by atoms with van der Waals surface area (Å²) >= 11 is 0. The van der Waals surface area contributed by atoms with E-state index in [2.05, 4.69) is 41.5 Å². The Bertz CT molecular complexity index is 1620. The largest absolute Gasteiger partial charge is 2.00 e. The first kappa shape index (κ1) is 35.5. The second-order valence-corrected chi connectivity index (χ2v) is 13.8. The summed E-state index contributed by atoms with van der Waals surface area (Å²) in [5.41, 5.74) is 9.32. The molecule has 6 aromatic carbocycles. The van der Waals surface area contributed by atoms with Crippen molar-refractivity contribution in [2.24, 2.45) is 0 Å². The van der Waals surface area contributed by atoms with Gasteiger partial charge in [0.25, 0.3) is 0 Å². The summed E-state index contributed by atoms with van der Waals surface area (Å²) in [6.07, 6.45) is 0. The van der Waals surface area contributed by atoms with E-state index >= 15 is 0 Å². The zero-order valence-corrected chi connectivity index (χ0v) is 29.8. The minimum Gasteiger partial charge on any atom is -0.872 e. The van der Waals surface area contributed by atoms with Gasteiger partial charge in [-0.25, -0.2) is 0 Å². The van der Waals surface area contributed by atoms with Crippen LogP contribution in [0.3, 0.4) is 0 Å². The topological polar surface area (TPSA) is 46.1 Å². The Hall–Kier alpha value is -4.31. The van der Waals surface area contributed by atoms with Gasteiger partial charge in [0.2, 0.25) is 0 Å². The smallest absolute Gasteiger partial charge is 0.872 e. The summed E-state index contributed by atoms with van der Waals surface area (Å²) in [6.45, 7) is 13.1. The quantitative estimate of drug-likeness (QED) is 0.183. The van der Waals surface area contributed by atoms with Crippen molar-refractivity contribution in [1.29, 1.82) is 0 Å². The van der Waals surface area contributed by atoms with Gasteiger partial charge in [-0.15, -0.1) is 0 Å². The van der Waals surface area contributed by atoms with Crippen LogP contribution in [0.2, 0.25) is 0 Å². The molecule has 6 rings (SSSR count). The number of hydrogen-bond acceptors (Lipinski definition) is 2. The zero-order chi connectivity index (χ0) is 32.9. The summed E-state index contributed by atoms with van der Waals surface area (Å²) in [5, 5.41) is 26.1. The van der Waals surface area contributed by atoms with Crippen LogP contribution in [0.4, 0.5) is 0 Å². The molecule has 0 aliphatic carbocycles. The monoisotopic (exact) mass is 626 g/mol. The Kier molecular flexibility index (Phi) is 11.4. The molecule has 0 N–H and O–H groups in total. The second kappa shape index (κ2) is 15.1. The third kappa shape index (κ3) is 8.54. The van der Waals surface area contributed by atoms with Gasteiger partial charge in [0, 0.05) is 0 Å². The fourth-order valence-corrected chi connectivity index (χ4v) is 5.45. The van der Waals surface area contributed by atoms with Gasteiger partial charge in [-0.1, -0.05) is 199 Å². The molecule has 0 spiro atoms. The number of benzene rings is 6. The molecule has 47 heavy (non-hydrogen) atoms. The van der Waals surface area contributed by atoms with E-state index < -0.39 is 0 Å². The van der Waals surface area contributed by atoms with Gasteiger partial charge in [0.1, 0.15) is 0 Å². The molecule has 0 fully saturated rings. The standard InChI is InChI=1S/2C22H22O.Mg/c2*1-22(2,3)18-14-19(16-10-6-4-7-11-16)21(23)20(15-18)17-12-8-5-9-13-17;/h2*4-15,23H,1-3H3;/q;;+2/p-2. The first-order valence-corrected chi connectivity index (χ1v) is 15.9. The van der Waals surface area contributed by atoms with Crippen molar-refractivity contribution in [3.63, 3.8) is 0 Å². The van der Waals surface area contributed by atoms with Crippen LogP contribution in [0.5, 0.6) is 11.5 Å². The Balaban J connectivity index is 0.000000208. The maximum absolute atomic E-state index is 13.0. The first-order valence-electron chi connectivity index (χ1n) is 15.9. The minimum atomic E-state index is -0.0131. The number of rotatable bonds is 4. The Morgan fingerprint density at radius 3 is 0.702 bits per heavy atom. The summed E-state index contributed by atoms with van der Waals surface area (Å²) in [4.78, 5) is 0. The first-order chi connectivity index (χ1) is 21.9. The number of hydrogen-bond donors (Lipinski definition) is 0. The molecule has 0 radical (unpaired) electrons. The maximum Gasteiger partial charge on any atom is 2.00 e. The van der Waals surface area contributed by atoms with E-state index in [1.54, 1.807) is 0 Å². The van der Waals surface area contributed by atoms with Crippen LogP contribution in [0.15, 0.2) is 146 Å². The molecular weight excluding hydrogens is 585 g/mol. The molecule has 3 heteroatoms. The van der Waals surface area contributed by atoms with Crippen molar-refractivity contribution >= 4 is 23.1 Å². The van der Waals surface area contributed by atoms with Crippen molar-refractivity contribution in [3.05, 3.63) is 157 Å². The van der Waals surface area contributed by atoms with E-state index in [1.807, 2.05) is 146 Å². The fourth-order valence-electron chi connectivity index (χ4n) is 5.45. The van der Waals surface area contributed by atoms with E-state index in [1.165, 1.54) is 11.1 Å². The van der Waals surface area contributed by atoms with Gasteiger partial charge in [0.05, 0.1) is 0 Å². The molecule has 0 aliphatic heterocycles. The predicted molar refractivity (Wildman–Crippen MR) is 197 cm³/mol. The molecule has 232 valence electrons. The van der Waals surface area contributed by atoms with Crippen LogP contribution in [0, 0.1) is 0 Å². The minimum absolute atomic E-state index is 0. The van der Waals surface area contributed by atoms with E-state index in [0.29, 0.717) is 0 Å². The van der Waals surface area contributed by atoms with Gasteiger partial charge < -0.3 is 10.2 Å². The molecule has 0 unspecified atom stereocenters. The molecule has 0 atom stereocenters. The summed E-state index contributed by atoms with van der Waals surface area (Å²) in [5.74, 6) is 0.186. The molecule has 0 bridgehead atoms. The van der Waals surface area contributed by atoms with Crippen LogP contribution in [-0.4, -0.2) is 23.1 Å². The van der Waals surface area contributed by atoms with Crippen LogP contribution in [-0.2, 0) is 10.8 Å². The van der Waals surface area contributed by atoms with Crippen molar-refractivity contribution in [2.45, 2.75) is 52.4 Å². The molecule has 0 heterocycles. The average molecular weight is 627 g/mol. The van der Waals surface area contributed by atoms with E-state index in [-0.39, 0.29) is 45.4 Å². The predicted octanol–water partition coefficient (Wildman–Crippen LogP) is 10.4. The third-order valence-electron chi connectivity index (χ3n) is 8.25. The van der Waals surface area contributed by atoms with Gasteiger partial charge >= 0.3 is 23.1 Å². The van der Waals surface area contributed by atoms with Crippen molar-refractivity contribution in [3.8, 4) is 56.0 Å². The molecule has 0 saturated heterocycles. The van der Waals surface area contributed by atoms with Gasteiger partial charge in [-0.05, 0) is 66.5 Å². The maximum atomic E-state index is 13.0. The molecule has 6 aromatic rings. The molecule has 0 aliphatic rings. The molecular formula is C44H42MgO2. The van der Waals surface area contributed by atoms with Crippen molar-refractivity contribution < 1.29 is 10.2 Å². The zero-order valence-electron chi connectivity index (χ0n) is 28.4. The fraction of sp³-hybridized carbons (Fsp3) is 0.182. The summed E-state index contributed by atoms with van der Waals surface area (Å²) < 4.78 is 0. The molecule has 0 saturated carbocycles. The van der Waals surface area contributed by atoms with Crippen molar-refractivity contribution in [2.75, 3.05) is 0 Å². The van der Waals surface area contributed by atoms with E-state index in [0.717, 1.165) is 44.5 Å². The summed E-state index contributed by atoms with van der Waals surface area (Å²) in [6, 6.07) is 47.8. The normalized spacial score (nSPS) is 11.2. The van der Waals surface area contributed by atoms with Crippen LogP contribution >= 0.6 is 0 Å². The SMILES string of the molecule is CC(C)(C)c1cc(-c2ccccc2)c([O-])c(-c2ccccc2)c1.CC(C)(C)c1cc(-c2ccccc2)c([O-])c(-c2ccccc2)c1.[Mg+2]. The molecule has 0 aromatic heterocycles. The third-order valence-corrected chi connectivity index (χ3v) is 8.25. The molecule has 0 amide bonds. The van der Waals surface area contributed by atoms with Crippen LogP contribution in [0.1, 0.15) is 52.7 Å². The van der Waals surface area contributed by atoms with E-state index in [9.17, 15) is 10.2 Å². The average Bonchev–Trinajstić information content (AvgIpc) is 3.06. The molecule has 2 nitrogen and oxygen atoms in total. The Morgan fingerprint density at radius 1 is 0.340 bits per heavy atom. The van der Waals surface area contributed by atoms with E-state index in [4.69, 9.17) is 0 Å². The van der Waals surface area contributed by atoms with Gasteiger partial charge in [-0.2, -0.15) is 0 Å². The van der Waals surface area contributed by atoms with Crippen LogP contribution < -0.4 is 10.2 Å². The van der Waals surface area contributed by atoms with Gasteiger partial charge in [-0.3, -0.25) is 0 Å². The van der Waals surface area contributed by atoms with Crippen LogP contribution in [0.25, 0.3) is 44.5 Å². The Morgan fingerprint density at radius 2 is 0.532 bits per heavy atom. The van der Waals surface area contributed by atoms with Gasteiger partial charge in [0.15, 0.2) is 0 Å². The summed E-state index contributed by atoms with van der Waals surface area (Å²) in [7, 11) is 0. The second-order valence-electron chi connectivity index (χ2n) is 13.8.